The third-order valence-corrected chi connectivity index (χ3v) is 4.55. The van der Waals surface area contributed by atoms with Gasteiger partial charge in [0.05, 0.1) is 20.8 Å². The highest BCUT2D eigenvalue weighted by Gasteiger charge is 2.38. The van der Waals surface area contributed by atoms with Gasteiger partial charge in [-0.25, -0.2) is 4.99 Å². The van der Waals surface area contributed by atoms with E-state index < -0.39 is 0 Å². The van der Waals surface area contributed by atoms with Gasteiger partial charge in [-0.05, 0) is 36.6 Å². The van der Waals surface area contributed by atoms with Gasteiger partial charge >= 0.3 is 0 Å². The van der Waals surface area contributed by atoms with Crippen molar-refractivity contribution in [2.45, 2.75) is 31.8 Å². The van der Waals surface area contributed by atoms with Crippen LogP contribution in [-0.2, 0) is 6.54 Å². The van der Waals surface area contributed by atoms with Gasteiger partial charge in [-0.1, -0.05) is 36.4 Å². The first-order valence-electron chi connectivity index (χ1n) is 9.05. The third kappa shape index (κ3) is 4.48. The molecule has 1 fully saturated rings. The van der Waals surface area contributed by atoms with Gasteiger partial charge in [-0.2, -0.15) is 0 Å². The Morgan fingerprint density at radius 2 is 1.85 bits per heavy atom. The molecule has 138 valence electrons. The van der Waals surface area contributed by atoms with Crippen molar-refractivity contribution in [3.05, 3.63) is 59.7 Å². The van der Waals surface area contributed by atoms with Crippen LogP contribution in [0.4, 0.5) is 0 Å². The molecule has 5 nitrogen and oxygen atoms in total. The van der Waals surface area contributed by atoms with E-state index in [0.29, 0.717) is 18.5 Å². The molecule has 0 amide bonds. The molecule has 0 spiro atoms. The van der Waals surface area contributed by atoms with Crippen LogP contribution < -0.4 is 20.1 Å². The number of guanidine groups is 1. The Labute approximate surface area is 155 Å². The molecule has 1 saturated carbocycles. The molecule has 1 aliphatic rings. The van der Waals surface area contributed by atoms with E-state index in [2.05, 4.69) is 47.9 Å². The number of hydrogen-bond donors (Lipinski definition) is 2. The van der Waals surface area contributed by atoms with Crippen molar-refractivity contribution >= 4 is 5.96 Å². The van der Waals surface area contributed by atoms with Gasteiger partial charge < -0.3 is 20.1 Å². The van der Waals surface area contributed by atoms with Crippen molar-refractivity contribution in [2.75, 3.05) is 20.8 Å². The fraction of sp³-hybridized carbons (Fsp3) is 0.381. The highest BCUT2D eigenvalue weighted by molar-refractivity contribution is 5.80. The monoisotopic (exact) mass is 353 g/mol. The van der Waals surface area contributed by atoms with Crippen LogP contribution in [0.1, 0.15) is 30.4 Å². The number of aliphatic imine (C=N–C) groups is 1. The van der Waals surface area contributed by atoms with Gasteiger partial charge in [-0.3, -0.25) is 0 Å². The van der Waals surface area contributed by atoms with E-state index in [-0.39, 0.29) is 0 Å². The van der Waals surface area contributed by atoms with Crippen LogP contribution in [-0.4, -0.2) is 32.8 Å². The van der Waals surface area contributed by atoms with Crippen molar-refractivity contribution < 1.29 is 9.47 Å². The number of nitrogens with zero attached hydrogens (tertiary/aromatic N) is 1. The van der Waals surface area contributed by atoms with Crippen LogP contribution in [0.2, 0.25) is 0 Å². The topological polar surface area (TPSA) is 54.9 Å². The fourth-order valence-corrected chi connectivity index (χ4v) is 3.07. The summed E-state index contributed by atoms with van der Waals surface area (Å²) < 4.78 is 10.6. The summed E-state index contributed by atoms with van der Waals surface area (Å²) in [4.78, 5) is 4.72. The molecule has 26 heavy (non-hydrogen) atoms. The predicted octanol–water partition coefficient (Wildman–Crippen LogP) is 3.32. The van der Waals surface area contributed by atoms with Gasteiger partial charge in [0, 0.05) is 18.5 Å². The number of benzene rings is 2. The zero-order valence-corrected chi connectivity index (χ0v) is 15.7. The lowest BCUT2D eigenvalue weighted by atomic mass is 10.1. The molecule has 3 rings (SSSR count). The minimum Gasteiger partial charge on any atom is -0.493 e. The smallest absolute Gasteiger partial charge is 0.191 e. The van der Waals surface area contributed by atoms with Gasteiger partial charge in [0.1, 0.15) is 0 Å². The zero-order chi connectivity index (χ0) is 18.4. The lowest BCUT2D eigenvalue weighted by Gasteiger charge is -2.12. The lowest BCUT2D eigenvalue weighted by Crippen LogP contribution is -2.39. The second kappa shape index (κ2) is 8.61. The molecule has 0 heterocycles. The molecule has 0 saturated heterocycles. The maximum atomic E-state index is 5.36. The molecule has 2 unspecified atom stereocenters. The maximum absolute atomic E-state index is 5.36. The van der Waals surface area contributed by atoms with E-state index in [9.17, 15) is 0 Å². The summed E-state index contributed by atoms with van der Waals surface area (Å²) in [6.07, 6.45) is 1.14. The molecule has 2 N–H and O–H groups in total. The molecule has 5 heteroatoms. The normalized spacial score (nSPS) is 19.0. The average molecular weight is 353 g/mol. The molecule has 2 aromatic carbocycles. The van der Waals surface area contributed by atoms with E-state index >= 15 is 0 Å². The second-order valence-electron chi connectivity index (χ2n) is 6.39. The van der Waals surface area contributed by atoms with Crippen LogP contribution >= 0.6 is 0 Å². The van der Waals surface area contributed by atoms with Crippen LogP contribution in [0.5, 0.6) is 11.5 Å². The Balaban J connectivity index is 1.63. The summed E-state index contributed by atoms with van der Waals surface area (Å²) in [5.74, 6) is 2.88. The summed E-state index contributed by atoms with van der Waals surface area (Å²) in [5.41, 5.74) is 2.47. The van der Waals surface area contributed by atoms with Gasteiger partial charge in [0.2, 0.25) is 0 Å². The SMILES string of the molecule is CCNC(=NCc1ccc(OC)c(OC)c1)NC1CC1c1ccccc1. The molecular weight excluding hydrogens is 326 g/mol. The highest BCUT2D eigenvalue weighted by atomic mass is 16.5. The van der Waals surface area contributed by atoms with Crippen LogP contribution in [0.25, 0.3) is 0 Å². The number of hydrogen-bond acceptors (Lipinski definition) is 3. The average Bonchev–Trinajstić information content (AvgIpc) is 3.46. The van der Waals surface area contributed by atoms with Gasteiger partial charge in [0.25, 0.3) is 0 Å². The summed E-state index contributed by atoms with van der Waals surface area (Å²) in [6, 6.07) is 17.0. The minimum atomic E-state index is 0.445. The number of methoxy groups -OCH3 is 2. The Morgan fingerprint density at radius 1 is 1.08 bits per heavy atom. The zero-order valence-electron chi connectivity index (χ0n) is 15.7. The van der Waals surface area contributed by atoms with E-state index in [1.165, 1.54) is 5.56 Å². The van der Waals surface area contributed by atoms with Crippen molar-refractivity contribution in [1.29, 1.82) is 0 Å². The van der Waals surface area contributed by atoms with Crippen molar-refractivity contribution in [3.8, 4) is 11.5 Å². The summed E-state index contributed by atoms with van der Waals surface area (Å²) >= 11 is 0. The van der Waals surface area contributed by atoms with Crippen LogP contribution in [0, 0.1) is 0 Å². The second-order valence-corrected chi connectivity index (χ2v) is 6.39. The van der Waals surface area contributed by atoms with Gasteiger partial charge in [0.15, 0.2) is 17.5 Å². The predicted molar refractivity (Wildman–Crippen MR) is 105 cm³/mol. The standard InChI is InChI=1S/C21H27N3O2/c1-4-22-21(24-18-13-17(18)16-8-6-5-7-9-16)23-14-15-10-11-19(25-2)20(12-15)26-3/h5-12,17-18H,4,13-14H2,1-3H3,(H2,22,23,24). The summed E-state index contributed by atoms with van der Waals surface area (Å²) in [5, 5.41) is 6.88. The third-order valence-electron chi connectivity index (χ3n) is 4.55. The molecule has 0 radical (unpaired) electrons. The number of nitrogens with one attached hydrogen (secondary N) is 2. The summed E-state index contributed by atoms with van der Waals surface area (Å²) in [6.45, 7) is 3.49. The molecular formula is C21H27N3O2. The Bertz CT molecular complexity index is 746. The fourth-order valence-electron chi connectivity index (χ4n) is 3.07. The quantitative estimate of drug-likeness (QED) is 0.592. The molecule has 0 aromatic heterocycles. The van der Waals surface area contributed by atoms with Gasteiger partial charge in [-0.15, -0.1) is 0 Å². The molecule has 2 aromatic rings. The maximum Gasteiger partial charge on any atom is 0.191 e. The molecule has 1 aliphatic carbocycles. The lowest BCUT2D eigenvalue weighted by molar-refractivity contribution is 0.354. The molecule has 2 atom stereocenters. The Hall–Kier alpha value is -2.69. The van der Waals surface area contributed by atoms with Crippen molar-refractivity contribution in [3.63, 3.8) is 0 Å². The minimum absolute atomic E-state index is 0.445. The largest absolute Gasteiger partial charge is 0.493 e. The Kier molecular flexibility index (Phi) is 6.00. The van der Waals surface area contributed by atoms with E-state index in [4.69, 9.17) is 14.5 Å². The van der Waals surface area contributed by atoms with E-state index in [1.807, 2.05) is 18.2 Å². The van der Waals surface area contributed by atoms with Crippen LogP contribution in [0.15, 0.2) is 53.5 Å². The first kappa shape index (κ1) is 18.1. The van der Waals surface area contributed by atoms with E-state index in [1.54, 1.807) is 14.2 Å². The number of rotatable bonds is 7. The van der Waals surface area contributed by atoms with E-state index in [0.717, 1.165) is 36.0 Å². The van der Waals surface area contributed by atoms with Crippen LogP contribution in [0.3, 0.4) is 0 Å². The first-order valence-corrected chi connectivity index (χ1v) is 9.05. The Morgan fingerprint density at radius 3 is 2.54 bits per heavy atom. The molecule has 0 aliphatic heterocycles. The first-order chi connectivity index (χ1) is 12.7. The summed E-state index contributed by atoms with van der Waals surface area (Å²) in [7, 11) is 3.29. The van der Waals surface area contributed by atoms with Crippen molar-refractivity contribution in [1.82, 2.24) is 10.6 Å². The molecule has 0 bridgehead atoms. The highest BCUT2D eigenvalue weighted by Crippen LogP contribution is 2.40. The number of ether oxygens (including phenoxy) is 2. The van der Waals surface area contributed by atoms with Crippen molar-refractivity contribution in [2.24, 2.45) is 4.99 Å².